The summed E-state index contributed by atoms with van der Waals surface area (Å²) in [5.41, 5.74) is 2.64. The third kappa shape index (κ3) is 6.70. The Labute approximate surface area is 284 Å². The molecule has 11 nitrogen and oxygen atoms in total. The van der Waals surface area contributed by atoms with Gasteiger partial charge in [0.15, 0.2) is 5.65 Å². The van der Waals surface area contributed by atoms with Crippen molar-refractivity contribution in [2.75, 3.05) is 33.3 Å². The Morgan fingerprint density at radius 2 is 1.80 bits per heavy atom. The number of aromatic nitrogens is 4. The quantitative estimate of drug-likeness (QED) is 0.264. The molecular formula is C38H39N7O4. The van der Waals surface area contributed by atoms with Crippen LogP contribution in [0.1, 0.15) is 42.0 Å². The van der Waals surface area contributed by atoms with E-state index in [2.05, 4.69) is 33.1 Å². The minimum atomic E-state index is -1.13. The van der Waals surface area contributed by atoms with Crippen LogP contribution in [0.25, 0.3) is 16.7 Å². The van der Waals surface area contributed by atoms with Gasteiger partial charge < -0.3 is 19.3 Å². The van der Waals surface area contributed by atoms with Gasteiger partial charge in [-0.2, -0.15) is 5.26 Å². The zero-order chi connectivity index (χ0) is 34.0. The van der Waals surface area contributed by atoms with Gasteiger partial charge in [0, 0.05) is 56.1 Å². The molecule has 2 aliphatic rings. The van der Waals surface area contributed by atoms with Crippen molar-refractivity contribution in [2.45, 2.75) is 43.9 Å². The van der Waals surface area contributed by atoms with Crippen molar-refractivity contribution in [3.05, 3.63) is 119 Å². The summed E-state index contributed by atoms with van der Waals surface area (Å²) in [5, 5.41) is 21.2. The first kappa shape index (κ1) is 32.2. The van der Waals surface area contributed by atoms with Crippen molar-refractivity contribution in [1.82, 2.24) is 28.9 Å². The number of pyridine rings is 1. The minimum Gasteiger partial charge on any atom is -0.497 e. The molecular weight excluding hydrogens is 618 g/mol. The molecule has 11 heteroatoms. The largest absolute Gasteiger partial charge is 0.497 e. The van der Waals surface area contributed by atoms with Crippen LogP contribution in [0.4, 0.5) is 0 Å². The summed E-state index contributed by atoms with van der Waals surface area (Å²) in [4.78, 5) is 40.7. The molecule has 5 heterocycles. The highest BCUT2D eigenvalue weighted by molar-refractivity contribution is 5.80. The van der Waals surface area contributed by atoms with Crippen LogP contribution in [-0.2, 0) is 17.9 Å². The lowest BCUT2D eigenvalue weighted by Crippen LogP contribution is -2.53. The molecule has 0 saturated carbocycles. The summed E-state index contributed by atoms with van der Waals surface area (Å²) in [6, 6.07) is 25.3. The van der Waals surface area contributed by atoms with Gasteiger partial charge in [-0.3, -0.25) is 19.1 Å². The number of likely N-dealkylation sites (tertiary alicyclic amines) is 2. The van der Waals surface area contributed by atoms with E-state index in [0.717, 1.165) is 42.1 Å². The summed E-state index contributed by atoms with van der Waals surface area (Å²) in [6.07, 6.45) is 6.55. The molecule has 1 amide bonds. The molecule has 2 fully saturated rings. The van der Waals surface area contributed by atoms with E-state index in [9.17, 15) is 14.7 Å². The fourth-order valence-electron chi connectivity index (χ4n) is 7.31. The van der Waals surface area contributed by atoms with Gasteiger partial charge in [-0.1, -0.05) is 36.4 Å². The second-order valence-electron chi connectivity index (χ2n) is 13.2. The normalized spacial score (nSPS) is 19.4. The second-order valence-corrected chi connectivity index (χ2v) is 13.2. The second kappa shape index (κ2) is 13.7. The van der Waals surface area contributed by atoms with Crippen LogP contribution in [0.5, 0.6) is 5.75 Å². The topological polar surface area (TPSA) is 130 Å². The molecule has 2 saturated heterocycles. The van der Waals surface area contributed by atoms with Gasteiger partial charge in [0.1, 0.15) is 23.8 Å². The zero-order valence-corrected chi connectivity index (χ0v) is 27.5. The molecule has 0 unspecified atom stereocenters. The number of ether oxygens (including phenoxy) is 1. The lowest BCUT2D eigenvalue weighted by molar-refractivity contribution is -0.142. The molecule has 0 bridgehead atoms. The van der Waals surface area contributed by atoms with E-state index < -0.39 is 5.60 Å². The summed E-state index contributed by atoms with van der Waals surface area (Å²) < 4.78 is 8.60. The van der Waals surface area contributed by atoms with Crippen molar-refractivity contribution in [2.24, 2.45) is 5.92 Å². The highest BCUT2D eigenvalue weighted by atomic mass is 16.5. The molecule has 49 heavy (non-hydrogen) atoms. The average molecular weight is 658 g/mol. The fourth-order valence-corrected chi connectivity index (χ4v) is 7.31. The van der Waals surface area contributed by atoms with Crippen LogP contribution >= 0.6 is 0 Å². The van der Waals surface area contributed by atoms with E-state index in [1.165, 1.54) is 10.9 Å². The van der Waals surface area contributed by atoms with E-state index in [0.29, 0.717) is 49.2 Å². The summed E-state index contributed by atoms with van der Waals surface area (Å²) >= 11 is 0. The number of hydrogen-bond acceptors (Lipinski definition) is 8. The third-order valence-electron chi connectivity index (χ3n) is 10.1. The van der Waals surface area contributed by atoms with Crippen LogP contribution in [0.2, 0.25) is 0 Å². The predicted molar refractivity (Wildman–Crippen MR) is 184 cm³/mol. The van der Waals surface area contributed by atoms with Crippen LogP contribution in [0, 0.1) is 17.2 Å². The van der Waals surface area contributed by atoms with Crippen molar-refractivity contribution in [3.63, 3.8) is 0 Å². The number of methoxy groups -OCH3 is 1. The highest BCUT2D eigenvalue weighted by Crippen LogP contribution is 2.36. The molecule has 1 N–H and O–H groups in total. The Morgan fingerprint density at radius 1 is 1.02 bits per heavy atom. The van der Waals surface area contributed by atoms with Crippen molar-refractivity contribution < 1.29 is 14.6 Å². The van der Waals surface area contributed by atoms with E-state index >= 15 is 0 Å². The number of benzene rings is 2. The first-order valence-electron chi connectivity index (χ1n) is 16.7. The van der Waals surface area contributed by atoms with E-state index in [1.54, 1.807) is 25.4 Å². The van der Waals surface area contributed by atoms with Gasteiger partial charge >= 0.3 is 0 Å². The third-order valence-corrected chi connectivity index (χ3v) is 10.1. The Kier molecular flexibility index (Phi) is 8.99. The van der Waals surface area contributed by atoms with Crippen molar-refractivity contribution >= 4 is 16.9 Å². The molecule has 0 aliphatic carbocycles. The first-order chi connectivity index (χ1) is 23.8. The van der Waals surface area contributed by atoms with E-state index in [-0.39, 0.29) is 29.8 Å². The Balaban J connectivity index is 1.02. The average Bonchev–Trinajstić information content (AvgIpc) is 3.58. The standard InChI is InChI=1S/C38H39N7O4/c1-49-31-11-9-30(10-12-31)45-18-14-33-35(45)41-26-44(37(33)47)25-38(48)15-19-43(20-16-38)36(46)32-13-17-42(23-27-7-8-29(21-39)40-22-27)24-34(32)28-5-3-2-4-6-28/h2-12,14,18,22,26,32,34,48H,13,15-17,19-20,23-25H2,1H3/t32-,34+/m1/s1. The van der Waals surface area contributed by atoms with Gasteiger partial charge in [0.2, 0.25) is 5.91 Å². The molecule has 5 aromatic rings. The SMILES string of the molecule is COc1ccc(-n2ccc3c(=O)n(CC4(O)CCN(C(=O)[C@@H]5CCN(Cc6ccc(C#N)nc6)C[C@H]5c5ccccc5)CC4)cnc32)cc1. The summed E-state index contributed by atoms with van der Waals surface area (Å²) in [7, 11) is 1.62. The number of rotatable bonds is 8. The number of nitriles is 1. The molecule has 0 radical (unpaired) electrons. The Morgan fingerprint density at radius 3 is 2.49 bits per heavy atom. The summed E-state index contributed by atoms with van der Waals surface area (Å²) in [6.45, 7) is 3.16. The van der Waals surface area contributed by atoms with Crippen LogP contribution in [-0.4, -0.2) is 78.8 Å². The van der Waals surface area contributed by atoms with Crippen LogP contribution in [0.3, 0.4) is 0 Å². The highest BCUT2D eigenvalue weighted by Gasteiger charge is 2.41. The maximum atomic E-state index is 14.1. The number of piperidine rings is 2. The smallest absolute Gasteiger partial charge is 0.262 e. The molecule has 2 aromatic carbocycles. The van der Waals surface area contributed by atoms with Crippen LogP contribution in [0.15, 0.2) is 96.3 Å². The zero-order valence-electron chi connectivity index (χ0n) is 27.5. The van der Waals surface area contributed by atoms with Gasteiger partial charge in [-0.05, 0) is 73.3 Å². The maximum Gasteiger partial charge on any atom is 0.262 e. The van der Waals surface area contributed by atoms with Gasteiger partial charge in [0.25, 0.3) is 5.56 Å². The molecule has 2 aliphatic heterocycles. The molecule has 250 valence electrons. The lowest BCUT2D eigenvalue weighted by Gasteiger charge is -2.43. The minimum absolute atomic E-state index is 0.0243. The Hall–Kier alpha value is -5.31. The van der Waals surface area contributed by atoms with E-state index in [4.69, 9.17) is 10.00 Å². The molecule has 3 aromatic heterocycles. The number of carbonyl (C=O) groups excluding carboxylic acids is 1. The lowest BCUT2D eigenvalue weighted by atomic mass is 9.79. The fraction of sp³-hybridized carbons (Fsp3) is 0.342. The first-order valence-corrected chi connectivity index (χ1v) is 16.7. The Bertz CT molecular complexity index is 2030. The van der Waals surface area contributed by atoms with Gasteiger partial charge in [-0.15, -0.1) is 0 Å². The number of nitrogens with zero attached hydrogens (tertiary/aromatic N) is 7. The van der Waals surface area contributed by atoms with Crippen LogP contribution < -0.4 is 10.3 Å². The number of amides is 1. The molecule has 0 spiro atoms. The number of carbonyl (C=O) groups is 1. The molecule has 2 atom stereocenters. The monoisotopic (exact) mass is 657 g/mol. The number of hydrogen-bond donors (Lipinski definition) is 1. The van der Waals surface area contributed by atoms with Gasteiger partial charge in [-0.25, -0.2) is 9.97 Å². The predicted octanol–water partition coefficient (Wildman–Crippen LogP) is 4.12. The summed E-state index contributed by atoms with van der Waals surface area (Å²) in [5.74, 6) is 0.715. The van der Waals surface area contributed by atoms with Crippen molar-refractivity contribution in [1.29, 1.82) is 5.26 Å². The molecule has 7 rings (SSSR count). The maximum absolute atomic E-state index is 14.1. The van der Waals surface area contributed by atoms with Gasteiger partial charge in [0.05, 0.1) is 24.6 Å². The van der Waals surface area contributed by atoms with E-state index in [1.807, 2.05) is 64.2 Å². The number of fused-ring (bicyclic) bond motifs is 1. The van der Waals surface area contributed by atoms with Crippen molar-refractivity contribution in [3.8, 4) is 17.5 Å². The number of aliphatic hydroxyl groups is 1.